The summed E-state index contributed by atoms with van der Waals surface area (Å²) in [5.41, 5.74) is 1.10. The van der Waals surface area contributed by atoms with Crippen molar-refractivity contribution < 1.29 is 19.4 Å². The molecule has 6 heteroatoms. The normalized spacial score (nSPS) is 24.7. The molecule has 1 amide bonds. The Balaban J connectivity index is 1.66. The molecule has 0 bridgehead atoms. The van der Waals surface area contributed by atoms with E-state index in [9.17, 15) is 14.7 Å². The molecule has 0 spiro atoms. The van der Waals surface area contributed by atoms with Crippen LogP contribution in [0.5, 0.6) is 5.75 Å². The predicted octanol–water partition coefficient (Wildman–Crippen LogP) is 3.09. The number of carboxylic acid groups (broad SMARTS) is 1. The zero-order valence-electron chi connectivity index (χ0n) is 13.9. The molecule has 0 radical (unpaired) electrons. The Morgan fingerprint density at radius 2 is 2.04 bits per heavy atom. The van der Waals surface area contributed by atoms with Crippen LogP contribution in [0.1, 0.15) is 25.3 Å². The van der Waals surface area contributed by atoms with Crippen molar-refractivity contribution in [1.82, 2.24) is 4.90 Å². The fourth-order valence-electron chi connectivity index (χ4n) is 3.47. The van der Waals surface area contributed by atoms with Gasteiger partial charge >= 0.3 is 5.97 Å². The number of nitrogens with zero attached hydrogens (tertiary/aromatic N) is 1. The van der Waals surface area contributed by atoms with Gasteiger partial charge in [-0.05, 0) is 72.2 Å². The van der Waals surface area contributed by atoms with Crippen LogP contribution in [0, 0.1) is 24.7 Å². The SMILES string of the molecule is Cc1ccc(OC(C)C(=O)N2C[C@H](C(=O)O)[C@@H](C3CC3)C2)c(Br)c1. The van der Waals surface area contributed by atoms with Crippen LogP contribution in [0.2, 0.25) is 0 Å². The number of hydrogen-bond acceptors (Lipinski definition) is 3. The molecule has 1 aliphatic carbocycles. The van der Waals surface area contributed by atoms with Crippen molar-refractivity contribution in [2.45, 2.75) is 32.8 Å². The van der Waals surface area contributed by atoms with E-state index in [1.807, 2.05) is 25.1 Å². The van der Waals surface area contributed by atoms with Gasteiger partial charge < -0.3 is 14.7 Å². The Bertz CT molecular complexity index is 658. The largest absolute Gasteiger partial charge is 0.481 e. The number of ether oxygens (including phenoxy) is 1. The third-order valence-electron chi connectivity index (χ3n) is 4.96. The molecule has 1 aliphatic heterocycles. The summed E-state index contributed by atoms with van der Waals surface area (Å²) in [5, 5.41) is 9.42. The average molecular weight is 396 g/mol. The molecule has 1 unspecified atom stereocenters. The maximum absolute atomic E-state index is 12.7. The van der Waals surface area contributed by atoms with Gasteiger partial charge in [-0.15, -0.1) is 0 Å². The standard InChI is InChI=1S/C18H22BrNO4/c1-10-3-6-16(15(19)7-10)24-11(2)17(21)20-8-13(12-4-5-12)14(9-20)18(22)23/h3,6-7,11-14H,4-5,8-9H2,1-2H3,(H,22,23)/t11?,13-,14+/m1/s1. The van der Waals surface area contributed by atoms with E-state index in [-0.39, 0.29) is 18.4 Å². The number of halogens is 1. The Labute approximate surface area is 150 Å². The van der Waals surface area contributed by atoms with Crippen molar-refractivity contribution in [1.29, 1.82) is 0 Å². The minimum absolute atomic E-state index is 0.0877. The zero-order valence-corrected chi connectivity index (χ0v) is 15.5. The van der Waals surface area contributed by atoms with E-state index in [0.29, 0.717) is 18.2 Å². The summed E-state index contributed by atoms with van der Waals surface area (Å²) in [6.45, 7) is 4.52. The van der Waals surface area contributed by atoms with E-state index < -0.39 is 18.0 Å². The molecule has 2 aliphatic rings. The maximum Gasteiger partial charge on any atom is 0.308 e. The number of hydrogen-bond donors (Lipinski definition) is 1. The van der Waals surface area contributed by atoms with E-state index in [0.717, 1.165) is 22.9 Å². The van der Waals surface area contributed by atoms with Gasteiger partial charge in [0.15, 0.2) is 6.10 Å². The minimum Gasteiger partial charge on any atom is -0.481 e. The number of amides is 1. The van der Waals surface area contributed by atoms with E-state index in [2.05, 4.69) is 15.9 Å². The van der Waals surface area contributed by atoms with Crippen LogP contribution >= 0.6 is 15.9 Å². The van der Waals surface area contributed by atoms with Crippen LogP contribution in [0.4, 0.5) is 0 Å². The molecule has 24 heavy (non-hydrogen) atoms. The van der Waals surface area contributed by atoms with Crippen molar-refractivity contribution in [2.75, 3.05) is 13.1 Å². The third-order valence-corrected chi connectivity index (χ3v) is 5.58. The van der Waals surface area contributed by atoms with Crippen LogP contribution in [0.25, 0.3) is 0 Å². The van der Waals surface area contributed by atoms with Gasteiger partial charge in [0, 0.05) is 13.1 Å². The fourth-order valence-corrected chi connectivity index (χ4v) is 4.06. The van der Waals surface area contributed by atoms with Crippen LogP contribution in [0.3, 0.4) is 0 Å². The molecule has 3 atom stereocenters. The van der Waals surface area contributed by atoms with E-state index in [1.165, 1.54) is 0 Å². The fraction of sp³-hybridized carbons (Fsp3) is 0.556. The quantitative estimate of drug-likeness (QED) is 0.831. The molecular formula is C18H22BrNO4. The molecule has 1 saturated carbocycles. The van der Waals surface area contributed by atoms with Gasteiger partial charge in [0.05, 0.1) is 10.4 Å². The van der Waals surface area contributed by atoms with E-state index >= 15 is 0 Å². The van der Waals surface area contributed by atoms with Gasteiger partial charge in [0.25, 0.3) is 5.91 Å². The summed E-state index contributed by atoms with van der Waals surface area (Å²) >= 11 is 3.45. The first kappa shape index (κ1) is 17.3. The average Bonchev–Trinajstić information content (AvgIpc) is 3.27. The van der Waals surface area contributed by atoms with Gasteiger partial charge in [-0.3, -0.25) is 9.59 Å². The molecule has 1 N–H and O–H groups in total. The van der Waals surface area contributed by atoms with Crippen molar-refractivity contribution in [3.05, 3.63) is 28.2 Å². The molecular weight excluding hydrogens is 374 g/mol. The first-order valence-corrected chi connectivity index (χ1v) is 9.10. The highest BCUT2D eigenvalue weighted by Gasteiger charge is 2.47. The first-order chi connectivity index (χ1) is 11.4. The van der Waals surface area contributed by atoms with Gasteiger partial charge in [0.1, 0.15) is 5.75 Å². The predicted molar refractivity (Wildman–Crippen MR) is 92.9 cm³/mol. The molecule has 1 aromatic rings. The maximum atomic E-state index is 12.7. The highest BCUT2D eigenvalue weighted by atomic mass is 79.9. The lowest BCUT2D eigenvalue weighted by atomic mass is 9.92. The summed E-state index contributed by atoms with van der Waals surface area (Å²) in [4.78, 5) is 25.8. The summed E-state index contributed by atoms with van der Waals surface area (Å²) in [7, 11) is 0. The molecule has 1 aromatic carbocycles. The lowest BCUT2D eigenvalue weighted by Crippen LogP contribution is -2.39. The number of carbonyl (C=O) groups excluding carboxylic acids is 1. The Morgan fingerprint density at radius 3 is 2.62 bits per heavy atom. The smallest absolute Gasteiger partial charge is 0.308 e. The van der Waals surface area contributed by atoms with Gasteiger partial charge in [-0.1, -0.05) is 6.07 Å². The Hall–Kier alpha value is -1.56. The molecule has 5 nitrogen and oxygen atoms in total. The van der Waals surface area contributed by atoms with Crippen LogP contribution in [0.15, 0.2) is 22.7 Å². The van der Waals surface area contributed by atoms with Gasteiger partial charge in [-0.25, -0.2) is 0 Å². The van der Waals surface area contributed by atoms with E-state index in [4.69, 9.17) is 4.74 Å². The molecule has 130 valence electrons. The lowest BCUT2D eigenvalue weighted by Gasteiger charge is -2.22. The number of carboxylic acids is 1. The molecule has 1 saturated heterocycles. The Kier molecular flexibility index (Phi) is 4.85. The lowest BCUT2D eigenvalue weighted by molar-refractivity contribution is -0.143. The summed E-state index contributed by atoms with van der Waals surface area (Å²) in [5.74, 6) is -0.209. The molecule has 1 heterocycles. The second-order valence-corrected chi connectivity index (χ2v) is 7.74. The van der Waals surface area contributed by atoms with Crippen LogP contribution in [-0.4, -0.2) is 41.1 Å². The number of likely N-dealkylation sites (tertiary alicyclic amines) is 1. The zero-order chi connectivity index (χ0) is 17.4. The molecule has 0 aromatic heterocycles. The number of carbonyl (C=O) groups is 2. The Morgan fingerprint density at radius 1 is 1.33 bits per heavy atom. The van der Waals surface area contributed by atoms with Crippen LogP contribution in [-0.2, 0) is 9.59 Å². The van der Waals surface area contributed by atoms with Crippen molar-refractivity contribution >= 4 is 27.8 Å². The topological polar surface area (TPSA) is 66.8 Å². The van der Waals surface area contributed by atoms with Crippen molar-refractivity contribution in [3.63, 3.8) is 0 Å². The van der Waals surface area contributed by atoms with E-state index in [1.54, 1.807) is 11.8 Å². The molecule has 3 rings (SSSR count). The first-order valence-electron chi connectivity index (χ1n) is 8.31. The number of benzene rings is 1. The number of aliphatic carboxylic acids is 1. The van der Waals surface area contributed by atoms with Crippen molar-refractivity contribution in [3.8, 4) is 5.75 Å². The second kappa shape index (κ2) is 6.75. The molecule has 2 fully saturated rings. The van der Waals surface area contributed by atoms with Gasteiger partial charge in [0.2, 0.25) is 0 Å². The monoisotopic (exact) mass is 395 g/mol. The summed E-state index contributed by atoms with van der Waals surface area (Å²) in [6.07, 6.45) is 1.52. The second-order valence-electron chi connectivity index (χ2n) is 6.88. The summed E-state index contributed by atoms with van der Waals surface area (Å²) in [6, 6.07) is 5.70. The number of aryl methyl sites for hydroxylation is 1. The van der Waals surface area contributed by atoms with Crippen LogP contribution < -0.4 is 4.74 Å². The number of rotatable bonds is 5. The summed E-state index contributed by atoms with van der Waals surface area (Å²) < 4.78 is 6.60. The van der Waals surface area contributed by atoms with Gasteiger partial charge in [-0.2, -0.15) is 0 Å². The third kappa shape index (κ3) is 3.58. The highest BCUT2D eigenvalue weighted by Crippen LogP contribution is 2.44. The van der Waals surface area contributed by atoms with Crippen molar-refractivity contribution in [2.24, 2.45) is 17.8 Å². The highest BCUT2D eigenvalue weighted by molar-refractivity contribution is 9.10. The minimum atomic E-state index is -0.794.